The van der Waals surface area contributed by atoms with Crippen LogP contribution in [0.15, 0.2) is 110 Å². The number of nitrogens with zero attached hydrogens (tertiary/aromatic N) is 4. The topological polar surface area (TPSA) is 35.6 Å². The molecule has 0 atom stereocenters. The molecule has 0 saturated carbocycles. The zero-order valence-corrected chi connectivity index (χ0v) is 16.2. The summed E-state index contributed by atoms with van der Waals surface area (Å²) in [6, 6.07) is 29.9. The number of imidazole rings is 2. The summed E-state index contributed by atoms with van der Waals surface area (Å²) in [7, 11) is 0. The maximum atomic E-state index is 4.52. The highest BCUT2D eigenvalue weighted by atomic mass is 15.0. The van der Waals surface area contributed by atoms with E-state index >= 15 is 0 Å². The molecule has 0 fully saturated rings. The predicted octanol–water partition coefficient (Wildman–Crippen LogP) is 6.03. The van der Waals surface area contributed by atoms with Gasteiger partial charge in [-0.2, -0.15) is 0 Å². The van der Waals surface area contributed by atoms with Gasteiger partial charge in [-0.15, -0.1) is 0 Å². The number of hydrogen-bond acceptors (Lipinski definition) is 2. The SMILES string of the molecule is c1cc(-c2ccc3cc(-n4ccnc4)ccc3c2)cc(-n2cnc3ccccc32)c1. The quantitative estimate of drug-likeness (QED) is 0.372. The lowest BCUT2D eigenvalue weighted by Gasteiger charge is -2.10. The van der Waals surface area contributed by atoms with Gasteiger partial charge in [0.05, 0.1) is 17.4 Å². The number of hydrogen-bond donors (Lipinski definition) is 0. The standard InChI is InChI=1S/C26H18N4/c1-2-7-26-25(6-1)28-18-30(26)24-5-3-4-19(16-24)20-8-9-22-15-23(11-10-21(22)14-20)29-13-12-27-17-29/h1-18H. The summed E-state index contributed by atoms with van der Waals surface area (Å²) in [5.74, 6) is 0. The van der Waals surface area contributed by atoms with Gasteiger partial charge in [0, 0.05) is 23.8 Å². The molecule has 0 bridgehead atoms. The van der Waals surface area contributed by atoms with E-state index in [4.69, 9.17) is 0 Å². The van der Waals surface area contributed by atoms with E-state index in [0.29, 0.717) is 0 Å². The van der Waals surface area contributed by atoms with Crippen LogP contribution in [0.5, 0.6) is 0 Å². The Balaban J connectivity index is 1.41. The Labute approximate surface area is 173 Å². The molecule has 0 aliphatic heterocycles. The summed E-state index contributed by atoms with van der Waals surface area (Å²) >= 11 is 0. The van der Waals surface area contributed by atoms with Crippen LogP contribution in [0.1, 0.15) is 0 Å². The van der Waals surface area contributed by atoms with Gasteiger partial charge in [-0.3, -0.25) is 4.57 Å². The van der Waals surface area contributed by atoms with Crippen molar-refractivity contribution in [2.75, 3.05) is 0 Å². The van der Waals surface area contributed by atoms with E-state index in [2.05, 4.69) is 81.3 Å². The molecule has 0 aliphatic carbocycles. The van der Waals surface area contributed by atoms with Crippen LogP contribution in [-0.4, -0.2) is 19.1 Å². The van der Waals surface area contributed by atoms with E-state index in [1.165, 1.54) is 21.9 Å². The van der Waals surface area contributed by atoms with Gasteiger partial charge in [-0.25, -0.2) is 9.97 Å². The number of benzene rings is 4. The fraction of sp³-hybridized carbons (Fsp3) is 0. The third-order valence-electron chi connectivity index (χ3n) is 5.54. The molecule has 2 heterocycles. The minimum Gasteiger partial charge on any atom is -0.306 e. The molecule has 0 amide bonds. The summed E-state index contributed by atoms with van der Waals surface area (Å²) in [5.41, 5.74) is 6.72. The number of fused-ring (bicyclic) bond motifs is 2. The fourth-order valence-corrected chi connectivity index (χ4v) is 3.99. The molecule has 0 spiro atoms. The van der Waals surface area contributed by atoms with E-state index in [1.54, 1.807) is 6.20 Å². The summed E-state index contributed by atoms with van der Waals surface area (Å²) in [6.07, 6.45) is 7.47. The number of para-hydroxylation sites is 2. The van der Waals surface area contributed by atoms with Gasteiger partial charge in [-0.05, 0) is 64.4 Å². The molecule has 6 rings (SSSR count). The highest BCUT2D eigenvalue weighted by Crippen LogP contribution is 2.28. The smallest absolute Gasteiger partial charge is 0.100 e. The Hall–Kier alpha value is -4.18. The van der Waals surface area contributed by atoms with Crippen LogP contribution in [-0.2, 0) is 0 Å². The van der Waals surface area contributed by atoms with Gasteiger partial charge in [-0.1, -0.05) is 42.5 Å². The first kappa shape index (κ1) is 16.7. The first-order valence-corrected chi connectivity index (χ1v) is 9.90. The molecule has 0 aliphatic rings. The summed E-state index contributed by atoms with van der Waals surface area (Å²) < 4.78 is 4.16. The maximum Gasteiger partial charge on any atom is 0.100 e. The van der Waals surface area contributed by atoms with Crippen molar-refractivity contribution in [1.29, 1.82) is 0 Å². The van der Waals surface area contributed by atoms with Crippen LogP contribution in [0.2, 0.25) is 0 Å². The average molecular weight is 386 g/mol. The Morgan fingerprint density at radius 3 is 2.43 bits per heavy atom. The van der Waals surface area contributed by atoms with Crippen molar-refractivity contribution in [1.82, 2.24) is 19.1 Å². The number of rotatable bonds is 3. The van der Waals surface area contributed by atoms with Gasteiger partial charge in [0.25, 0.3) is 0 Å². The Morgan fingerprint density at radius 1 is 0.633 bits per heavy atom. The van der Waals surface area contributed by atoms with Crippen LogP contribution in [0.4, 0.5) is 0 Å². The zero-order valence-electron chi connectivity index (χ0n) is 16.2. The minimum atomic E-state index is 1.00. The Morgan fingerprint density at radius 2 is 1.50 bits per heavy atom. The van der Waals surface area contributed by atoms with E-state index < -0.39 is 0 Å². The van der Waals surface area contributed by atoms with Gasteiger partial charge >= 0.3 is 0 Å². The lowest BCUT2D eigenvalue weighted by atomic mass is 10.0. The van der Waals surface area contributed by atoms with Crippen LogP contribution in [0, 0.1) is 0 Å². The van der Waals surface area contributed by atoms with Crippen molar-refractivity contribution in [2.45, 2.75) is 0 Å². The second kappa shape index (κ2) is 6.71. The molecular formula is C26H18N4. The molecule has 142 valence electrons. The fourth-order valence-electron chi connectivity index (χ4n) is 3.99. The van der Waals surface area contributed by atoms with Crippen molar-refractivity contribution in [2.24, 2.45) is 0 Å². The molecule has 4 nitrogen and oxygen atoms in total. The molecule has 0 radical (unpaired) electrons. The molecule has 0 N–H and O–H groups in total. The number of aromatic nitrogens is 4. The molecule has 2 aromatic heterocycles. The monoisotopic (exact) mass is 386 g/mol. The molecule has 0 saturated heterocycles. The van der Waals surface area contributed by atoms with E-state index in [1.807, 2.05) is 41.6 Å². The van der Waals surface area contributed by atoms with E-state index in [0.717, 1.165) is 22.4 Å². The Kier molecular flexibility index (Phi) is 3.74. The van der Waals surface area contributed by atoms with Crippen molar-refractivity contribution in [3.8, 4) is 22.5 Å². The van der Waals surface area contributed by atoms with Crippen LogP contribution in [0.3, 0.4) is 0 Å². The second-order valence-corrected chi connectivity index (χ2v) is 7.37. The Bertz CT molecular complexity index is 1490. The van der Waals surface area contributed by atoms with Crippen LogP contribution in [0.25, 0.3) is 44.3 Å². The van der Waals surface area contributed by atoms with Crippen molar-refractivity contribution in [3.05, 3.63) is 110 Å². The van der Waals surface area contributed by atoms with Crippen molar-refractivity contribution < 1.29 is 0 Å². The lowest BCUT2D eigenvalue weighted by molar-refractivity contribution is 1.06. The van der Waals surface area contributed by atoms with Crippen LogP contribution >= 0.6 is 0 Å². The normalized spacial score (nSPS) is 11.3. The third kappa shape index (κ3) is 2.78. The summed E-state index contributed by atoms with van der Waals surface area (Å²) in [4.78, 5) is 8.66. The van der Waals surface area contributed by atoms with E-state index in [9.17, 15) is 0 Å². The highest BCUT2D eigenvalue weighted by molar-refractivity contribution is 5.89. The highest BCUT2D eigenvalue weighted by Gasteiger charge is 2.07. The third-order valence-corrected chi connectivity index (χ3v) is 5.54. The molecule has 4 aromatic carbocycles. The predicted molar refractivity (Wildman–Crippen MR) is 121 cm³/mol. The van der Waals surface area contributed by atoms with Crippen molar-refractivity contribution in [3.63, 3.8) is 0 Å². The van der Waals surface area contributed by atoms with Gasteiger partial charge in [0.15, 0.2) is 0 Å². The summed E-state index contributed by atoms with van der Waals surface area (Å²) in [6.45, 7) is 0. The zero-order chi connectivity index (χ0) is 19.9. The van der Waals surface area contributed by atoms with Gasteiger partial charge < -0.3 is 4.57 Å². The molecule has 6 aromatic rings. The molecular weight excluding hydrogens is 368 g/mol. The first-order valence-electron chi connectivity index (χ1n) is 9.90. The van der Waals surface area contributed by atoms with Crippen molar-refractivity contribution >= 4 is 21.8 Å². The molecule has 0 unspecified atom stereocenters. The first-order chi connectivity index (χ1) is 14.8. The van der Waals surface area contributed by atoms with Crippen LogP contribution < -0.4 is 0 Å². The maximum absolute atomic E-state index is 4.52. The minimum absolute atomic E-state index is 1.00. The average Bonchev–Trinajstić information content (AvgIpc) is 3.49. The molecule has 4 heteroatoms. The molecule has 30 heavy (non-hydrogen) atoms. The lowest BCUT2D eigenvalue weighted by Crippen LogP contribution is -1.92. The van der Waals surface area contributed by atoms with Gasteiger partial charge in [0.2, 0.25) is 0 Å². The second-order valence-electron chi connectivity index (χ2n) is 7.37. The van der Waals surface area contributed by atoms with E-state index in [-0.39, 0.29) is 0 Å². The largest absolute Gasteiger partial charge is 0.306 e. The summed E-state index contributed by atoms with van der Waals surface area (Å²) in [5, 5.41) is 2.43. The van der Waals surface area contributed by atoms with Gasteiger partial charge in [0.1, 0.15) is 6.33 Å².